The molecule has 0 spiro atoms. The summed E-state index contributed by atoms with van der Waals surface area (Å²) in [5.74, 6) is 0.895. The van der Waals surface area contributed by atoms with Gasteiger partial charge in [0.1, 0.15) is 23.0 Å². The van der Waals surface area contributed by atoms with Gasteiger partial charge < -0.3 is 29.2 Å². The Labute approximate surface area is 291 Å². The number of aliphatic hydroxyl groups excluding tert-OH is 1. The molecule has 4 aromatic rings. The van der Waals surface area contributed by atoms with Crippen molar-refractivity contribution in [1.82, 2.24) is 24.0 Å². The number of aliphatic hydroxyl groups is 1. The Morgan fingerprint density at radius 1 is 1.04 bits per heavy atom. The molecule has 8 rings (SSSR count). The van der Waals surface area contributed by atoms with Gasteiger partial charge in [-0.2, -0.15) is 0 Å². The maximum Gasteiger partial charge on any atom is 0.276 e. The van der Waals surface area contributed by atoms with Gasteiger partial charge in [-0.25, -0.2) is 9.97 Å². The lowest BCUT2D eigenvalue weighted by molar-refractivity contribution is -0.0682. The van der Waals surface area contributed by atoms with Gasteiger partial charge in [-0.05, 0) is 74.1 Å². The van der Waals surface area contributed by atoms with Crippen LogP contribution in [0.1, 0.15) is 47.1 Å². The Hall–Kier alpha value is -4.78. The molecule has 1 unspecified atom stereocenters. The van der Waals surface area contributed by atoms with Crippen LogP contribution in [0, 0.1) is 0 Å². The van der Waals surface area contributed by atoms with Crippen molar-refractivity contribution in [3.05, 3.63) is 93.9 Å². The van der Waals surface area contributed by atoms with E-state index in [2.05, 4.69) is 43.7 Å². The maximum absolute atomic E-state index is 13.8. The van der Waals surface area contributed by atoms with Crippen molar-refractivity contribution in [2.24, 2.45) is 7.05 Å². The molecule has 2 N–H and O–H groups in total. The zero-order valence-corrected chi connectivity index (χ0v) is 28.7. The molecule has 7 heterocycles. The second-order valence-electron chi connectivity index (χ2n) is 13.7. The lowest BCUT2D eigenvalue weighted by Gasteiger charge is -2.46. The molecular weight excluding hydrogens is 632 g/mol. The molecule has 2 fully saturated rings. The molecule has 1 amide bonds. The topological polar surface area (TPSA) is 121 Å². The molecule has 0 aromatic carbocycles. The Morgan fingerprint density at radius 2 is 1.90 bits per heavy atom. The lowest BCUT2D eigenvalue weighted by atomic mass is 9.98. The SMILES string of the molecule is C/C=C/C1CN(C2COC2)CCN1c1ccc(Nc2cc(-c3ccnc(N4CCn5c(cc6c5CCCC6)C4=O)c3CO)cn(C)c2=O)nc1. The molecule has 50 heavy (non-hydrogen) atoms. The summed E-state index contributed by atoms with van der Waals surface area (Å²) in [4.78, 5) is 43.1. The van der Waals surface area contributed by atoms with Crippen LogP contribution in [0.25, 0.3) is 11.1 Å². The molecule has 0 saturated carbocycles. The van der Waals surface area contributed by atoms with Crippen molar-refractivity contribution in [1.29, 1.82) is 0 Å². The van der Waals surface area contributed by atoms with Crippen LogP contribution in [0.15, 0.2) is 65.9 Å². The summed E-state index contributed by atoms with van der Waals surface area (Å²) in [7, 11) is 1.70. The number of rotatable bonds is 8. The van der Waals surface area contributed by atoms with Crippen LogP contribution >= 0.6 is 0 Å². The van der Waals surface area contributed by atoms with E-state index in [0.29, 0.717) is 58.8 Å². The maximum atomic E-state index is 13.8. The standard InChI is InChI=1S/C38H44N8O4/c1-3-6-28-21-43(29-23-50-24-29)13-14-44(28)27-9-10-35(40-19-27)41-32-17-26(20-42(2)37(32)48)30-11-12-39-36(31(30)22-47)46-16-15-45-33-8-5-4-7-25(33)18-34(45)38(46)49/h3,6,9-12,17-20,28-29,47H,4-5,7-8,13-16,21-24H2,1-2H3,(H,40,41)/b6-3+. The molecule has 3 aliphatic heterocycles. The number of fused-ring (bicyclic) bond motifs is 3. The van der Waals surface area contributed by atoms with Crippen molar-refractivity contribution >= 4 is 28.9 Å². The lowest BCUT2D eigenvalue weighted by Crippen LogP contribution is -2.60. The van der Waals surface area contributed by atoms with Crippen molar-refractivity contribution < 1.29 is 14.6 Å². The average Bonchev–Trinajstić information content (AvgIpc) is 3.50. The van der Waals surface area contributed by atoms with Crippen LogP contribution in [-0.2, 0) is 37.8 Å². The van der Waals surface area contributed by atoms with Gasteiger partial charge in [0, 0.05) is 69.0 Å². The summed E-state index contributed by atoms with van der Waals surface area (Å²) in [5.41, 5.74) is 6.38. The van der Waals surface area contributed by atoms with E-state index in [9.17, 15) is 14.7 Å². The van der Waals surface area contributed by atoms with E-state index in [1.54, 1.807) is 30.4 Å². The minimum Gasteiger partial charge on any atom is -0.392 e. The van der Waals surface area contributed by atoms with E-state index >= 15 is 0 Å². The first kappa shape index (κ1) is 32.4. The highest BCUT2D eigenvalue weighted by molar-refractivity contribution is 6.06. The summed E-state index contributed by atoms with van der Waals surface area (Å²) < 4.78 is 9.12. The third-order valence-corrected chi connectivity index (χ3v) is 10.7. The van der Waals surface area contributed by atoms with Gasteiger partial charge in [0.05, 0.1) is 43.8 Å². The highest BCUT2D eigenvalue weighted by atomic mass is 16.5. The second kappa shape index (κ2) is 13.5. The molecule has 4 aromatic heterocycles. The molecular formula is C38H44N8O4. The molecule has 12 heteroatoms. The number of pyridine rings is 3. The van der Waals surface area contributed by atoms with Crippen LogP contribution in [0.3, 0.4) is 0 Å². The van der Waals surface area contributed by atoms with Crippen molar-refractivity contribution in [2.45, 2.75) is 57.8 Å². The van der Waals surface area contributed by atoms with Gasteiger partial charge in [0.15, 0.2) is 0 Å². The van der Waals surface area contributed by atoms with E-state index in [-0.39, 0.29) is 24.1 Å². The number of hydrogen-bond donors (Lipinski definition) is 2. The molecule has 260 valence electrons. The van der Waals surface area contributed by atoms with Gasteiger partial charge in [0.25, 0.3) is 11.5 Å². The van der Waals surface area contributed by atoms with Crippen LogP contribution in [0.5, 0.6) is 0 Å². The van der Waals surface area contributed by atoms with Gasteiger partial charge in [-0.15, -0.1) is 0 Å². The molecule has 0 radical (unpaired) electrons. The molecule has 1 aliphatic carbocycles. The number of aryl methyl sites for hydroxylation is 2. The number of aromatic nitrogens is 4. The Kier molecular flexibility index (Phi) is 8.76. The highest BCUT2D eigenvalue weighted by Crippen LogP contribution is 2.35. The number of hydrogen-bond acceptors (Lipinski definition) is 9. The number of nitrogens with zero attached hydrogens (tertiary/aromatic N) is 7. The number of ether oxygens (including phenoxy) is 1. The van der Waals surface area contributed by atoms with E-state index in [0.717, 1.165) is 64.2 Å². The van der Waals surface area contributed by atoms with Crippen LogP contribution in [0.4, 0.5) is 23.0 Å². The smallest absolute Gasteiger partial charge is 0.276 e. The van der Waals surface area contributed by atoms with E-state index in [1.807, 2.05) is 30.5 Å². The van der Waals surface area contributed by atoms with Crippen LogP contribution in [-0.4, -0.2) is 86.5 Å². The molecule has 0 bridgehead atoms. The quantitative estimate of drug-likeness (QED) is 0.268. The number of anilines is 4. The first-order valence-electron chi connectivity index (χ1n) is 17.7. The third-order valence-electron chi connectivity index (χ3n) is 10.7. The largest absolute Gasteiger partial charge is 0.392 e. The summed E-state index contributed by atoms with van der Waals surface area (Å²) >= 11 is 0. The predicted octanol–water partition coefficient (Wildman–Crippen LogP) is 3.88. The minimum absolute atomic E-state index is 0.103. The minimum atomic E-state index is -0.314. The Balaban J connectivity index is 1.04. The zero-order chi connectivity index (χ0) is 34.4. The fourth-order valence-electron chi connectivity index (χ4n) is 8.00. The molecule has 12 nitrogen and oxygen atoms in total. The van der Waals surface area contributed by atoms with Crippen molar-refractivity contribution in [3.63, 3.8) is 0 Å². The highest BCUT2D eigenvalue weighted by Gasteiger charge is 2.34. The van der Waals surface area contributed by atoms with E-state index in [4.69, 9.17) is 9.72 Å². The monoisotopic (exact) mass is 676 g/mol. The zero-order valence-electron chi connectivity index (χ0n) is 28.7. The summed E-state index contributed by atoms with van der Waals surface area (Å²) in [5, 5.41) is 13.9. The fourth-order valence-corrected chi connectivity index (χ4v) is 8.00. The Morgan fingerprint density at radius 3 is 2.66 bits per heavy atom. The van der Waals surface area contributed by atoms with Gasteiger partial charge in [-0.3, -0.25) is 19.4 Å². The normalized spacial score (nSPS) is 19.8. The van der Waals surface area contributed by atoms with Crippen LogP contribution < -0.4 is 20.7 Å². The van der Waals surface area contributed by atoms with Gasteiger partial charge >= 0.3 is 0 Å². The molecule has 2 saturated heterocycles. The summed E-state index contributed by atoms with van der Waals surface area (Å²) in [6.45, 7) is 7.32. The second-order valence-corrected chi connectivity index (χ2v) is 13.7. The fraction of sp³-hybridized carbons (Fsp3) is 0.421. The predicted molar refractivity (Wildman–Crippen MR) is 193 cm³/mol. The Bertz CT molecular complexity index is 2000. The number of carbonyl (C=O) groups is 1. The molecule has 1 atom stereocenters. The number of nitrogens with one attached hydrogen (secondary N) is 1. The number of amides is 1. The number of carbonyl (C=O) groups excluding carboxylic acids is 1. The first-order chi connectivity index (χ1) is 24.4. The first-order valence-corrected chi connectivity index (χ1v) is 17.7. The van der Waals surface area contributed by atoms with Gasteiger partial charge in [-0.1, -0.05) is 12.2 Å². The van der Waals surface area contributed by atoms with Crippen molar-refractivity contribution in [3.8, 4) is 11.1 Å². The van der Waals surface area contributed by atoms with Crippen molar-refractivity contribution in [2.75, 3.05) is 54.5 Å². The number of piperazine rings is 1. The van der Waals surface area contributed by atoms with E-state index in [1.165, 1.54) is 15.8 Å². The third kappa shape index (κ3) is 5.80. The van der Waals surface area contributed by atoms with Gasteiger partial charge in [0.2, 0.25) is 0 Å². The van der Waals surface area contributed by atoms with Crippen LogP contribution in [0.2, 0.25) is 0 Å². The molecule has 4 aliphatic rings. The summed E-state index contributed by atoms with van der Waals surface area (Å²) in [6, 6.07) is 10.3. The average molecular weight is 677 g/mol. The summed E-state index contributed by atoms with van der Waals surface area (Å²) in [6.07, 6.45) is 13.9. The van der Waals surface area contributed by atoms with E-state index < -0.39 is 0 Å². The number of allylic oxidation sites excluding steroid dienone is 1.